The fraction of sp³-hybridized carbons (Fsp3) is 0.562. The van der Waals surface area contributed by atoms with Gasteiger partial charge in [0.15, 0.2) is 5.60 Å². The quantitative estimate of drug-likeness (QED) is 0.752. The summed E-state index contributed by atoms with van der Waals surface area (Å²) < 4.78 is 11.1. The summed E-state index contributed by atoms with van der Waals surface area (Å²) in [5.74, 6) is 0.610. The van der Waals surface area contributed by atoms with Crippen molar-refractivity contribution in [3.05, 3.63) is 29.3 Å². The monoisotopic (exact) mass is 326 g/mol. The lowest BCUT2D eigenvalue weighted by Crippen LogP contribution is -2.56. The lowest BCUT2D eigenvalue weighted by Gasteiger charge is -2.36. The average molecular weight is 327 g/mol. The van der Waals surface area contributed by atoms with E-state index >= 15 is 0 Å². The molecule has 0 aromatic heterocycles. The van der Waals surface area contributed by atoms with E-state index in [-0.39, 0.29) is 5.91 Å². The zero-order chi connectivity index (χ0) is 15.8. The predicted molar refractivity (Wildman–Crippen MR) is 86.4 cm³/mol. The largest absolute Gasteiger partial charge is 0.477 e. The van der Waals surface area contributed by atoms with Crippen LogP contribution in [0.3, 0.4) is 0 Å². The second-order valence-electron chi connectivity index (χ2n) is 5.40. The van der Waals surface area contributed by atoms with Crippen LogP contribution in [0.5, 0.6) is 5.75 Å². The molecule has 22 heavy (non-hydrogen) atoms. The van der Waals surface area contributed by atoms with Gasteiger partial charge in [-0.1, -0.05) is 11.6 Å². The van der Waals surface area contributed by atoms with Crippen molar-refractivity contribution in [1.82, 2.24) is 10.6 Å². The third-order valence-electron chi connectivity index (χ3n) is 3.76. The molecule has 1 heterocycles. The minimum atomic E-state index is -0.813. The molecule has 1 amide bonds. The minimum Gasteiger partial charge on any atom is -0.477 e. The minimum absolute atomic E-state index is 0.0555. The van der Waals surface area contributed by atoms with Gasteiger partial charge in [-0.3, -0.25) is 4.79 Å². The van der Waals surface area contributed by atoms with Crippen molar-refractivity contribution >= 4 is 17.5 Å². The van der Waals surface area contributed by atoms with Gasteiger partial charge in [0.25, 0.3) is 5.91 Å². The van der Waals surface area contributed by atoms with Crippen molar-refractivity contribution in [2.75, 3.05) is 33.4 Å². The molecule has 0 radical (unpaired) electrons. The fourth-order valence-corrected chi connectivity index (χ4v) is 2.64. The lowest BCUT2D eigenvalue weighted by atomic mass is 9.91. The molecular weight excluding hydrogens is 304 g/mol. The Morgan fingerprint density at radius 1 is 1.32 bits per heavy atom. The van der Waals surface area contributed by atoms with Gasteiger partial charge in [0, 0.05) is 38.1 Å². The van der Waals surface area contributed by atoms with Crippen LogP contribution in [-0.4, -0.2) is 44.9 Å². The number of ether oxygens (including phenoxy) is 2. The van der Waals surface area contributed by atoms with Gasteiger partial charge >= 0.3 is 0 Å². The Kier molecular flexibility index (Phi) is 6.49. The van der Waals surface area contributed by atoms with Crippen LogP contribution in [0.1, 0.15) is 19.3 Å². The Morgan fingerprint density at radius 3 is 2.64 bits per heavy atom. The highest BCUT2D eigenvalue weighted by atomic mass is 35.5. The first-order chi connectivity index (χ1) is 10.7. The zero-order valence-electron chi connectivity index (χ0n) is 12.9. The van der Waals surface area contributed by atoms with Crippen molar-refractivity contribution < 1.29 is 14.3 Å². The molecule has 2 rings (SSSR count). The molecule has 2 N–H and O–H groups in total. The summed E-state index contributed by atoms with van der Waals surface area (Å²) >= 11 is 5.89. The average Bonchev–Trinajstić information content (AvgIpc) is 2.54. The van der Waals surface area contributed by atoms with E-state index in [1.54, 1.807) is 31.4 Å². The molecule has 0 unspecified atom stereocenters. The van der Waals surface area contributed by atoms with Crippen LogP contribution in [0.2, 0.25) is 5.02 Å². The van der Waals surface area contributed by atoms with Crippen LogP contribution >= 0.6 is 11.6 Å². The highest BCUT2D eigenvalue weighted by Gasteiger charge is 2.41. The Bertz CT molecular complexity index is 473. The molecule has 1 fully saturated rings. The van der Waals surface area contributed by atoms with E-state index < -0.39 is 5.60 Å². The number of amides is 1. The maximum absolute atomic E-state index is 12.6. The molecular formula is C16H23ClN2O3. The second kappa shape index (κ2) is 8.36. The van der Waals surface area contributed by atoms with E-state index in [0.29, 0.717) is 36.8 Å². The SMILES string of the molecule is COCCCNC(=O)C1(Oc2ccc(Cl)cc2)CCNCC1. The summed E-state index contributed by atoms with van der Waals surface area (Å²) in [7, 11) is 1.65. The third kappa shape index (κ3) is 4.60. The molecule has 1 aliphatic rings. The maximum atomic E-state index is 12.6. The molecule has 1 aliphatic heterocycles. The normalized spacial score (nSPS) is 17.0. The zero-order valence-corrected chi connectivity index (χ0v) is 13.6. The highest BCUT2D eigenvalue weighted by Crippen LogP contribution is 2.27. The van der Waals surface area contributed by atoms with Crippen LogP contribution in [-0.2, 0) is 9.53 Å². The number of benzene rings is 1. The summed E-state index contributed by atoms with van der Waals surface area (Å²) in [6, 6.07) is 7.12. The van der Waals surface area contributed by atoms with Crippen molar-refractivity contribution in [2.24, 2.45) is 0 Å². The highest BCUT2D eigenvalue weighted by molar-refractivity contribution is 6.30. The van der Waals surface area contributed by atoms with Crippen LogP contribution in [0.15, 0.2) is 24.3 Å². The van der Waals surface area contributed by atoms with Gasteiger partial charge in [0.05, 0.1) is 0 Å². The van der Waals surface area contributed by atoms with Crippen molar-refractivity contribution in [1.29, 1.82) is 0 Å². The Balaban J connectivity index is 2.03. The van der Waals surface area contributed by atoms with Gasteiger partial charge in [-0.05, 0) is 43.8 Å². The Hall–Kier alpha value is -1.30. The fourth-order valence-electron chi connectivity index (χ4n) is 2.51. The molecule has 1 aromatic carbocycles. The van der Waals surface area contributed by atoms with Gasteiger partial charge in [0.1, 0.15) is 5.75 Å². The molecule has 0 spiro atoms. The van der Waals surface area contributed by atoms with E-state index in [9.17, 15) is 4.79 Å². The molecule has 0 atom stereocenters. The van der Waals surface area contributed by atoms with Gasteiger partial charge in [0.2, 0.25) is 0 Å². The number of rotatable bonds is 7. The molecule has 6 heteroatoms. The van der Waals surface area contributed by atoms with Crippen LogP contribution in [0.25, 0.3) is 0 Å². The first-order valence-corrected chi connectivity index (χ1v) is 7.97. The first-order valence-electron chi connectivity index (χ1n) is 7.59. The maximum Gasteiger partial charge on any atom is 0.264 e. The van der Waals surface area contributed by atoms with Crippen LogP contribution in [0.4, 0.5) is 0 Å². The molecule has 0 bridgehead atoms. The summed E-state index contributed by atoms with van der Waals surface area (Å²) in [4.78, 5) is 12.6. The molecule has 0 saturated carbocycles. The number of methoxy groups -OCH3 is 1. The number of hydrogen-bond donors (Lipinski definition) is 2. The van der Waals surface area contributed by atoms with Crippen LogP contribution < -0.4 is 15.4 Å². The molecule has 1 aromatic rings. The van der Waals surface area contributed by atoms with E-state index in [1.165, 1.54) is 0 Å². The summed E-state index contributed by atoms with van der Waals surface area (Å²) in [5.41, 5.74) is -0.813. The van der Waals surface area contributed by atoms with Crippen molar-refractivity contribution in [2.45, 2.75) is 24.9 Å². The van der Waals surface area contributed by atoms with E-state index in [0.717, 1.165) is 19.5 Å². The first kappa shape index (κ1) is 17.1. The molecule has 122 valence electrons. The lowest BCUT2D eigenvalue weighted by molar-refractivity contribution is -0.139. The Morgan fingerprint density at radius 2 is 2.00 bits per heavy atom. The third-order valence-corrected chi connectivity index (χ3v) is 4.01. The Labute approximate surface area is 136 Å². The summed E-state index contributed by atoms with van der Waals surface area (Å²) in [6.07, 6.45) is 2.08. The van der Waals surface area contributed by atoms with E-state index in [2.05, 4.69) is 10.6 Å². The number of hydrogen-bond acceptors (Lipinski definition) is 4. The number of nitrogens with one attached hydrogen (secondary N) is 2. The van der Waals surface area contributed by atoms with Gasteiger partial charge in [-0.15, -0.1) is 0 Å². The number of carbonyl (C=O) groups excluding carboxylic acids is 1. The van der Waals surface area contributed by atoms with Crippen molar-refractivity contribution in [3.63, 3.8) is 0 Å². The van der Waals surface area contributed by atoms with E-state index in [1.807, 2.05) is 0 Å². The smallest absolute Gasteiger partial charge is 0.264 e. The number of carbonyl (C=O) groups is 1. The topological polar surface area (TPSA) is 59.6 Å². The molecule has 0 aliphatic carbocycles. The van der Waals surface area contributed by atoms with Gasteiger partial charge < -0.3 is 20.1 Å². The second-order valence-corrected chi connectivity index (χ2v) is 5.84. The predicted octanol–water partition coefficient (Wildman–Crippen LogP) is 1.99. The number of piperidine rings is 1. The van der Waals surface area contributed by atoms with Gasteiger partial charge in [-0.25, -0.2) is 0 Å². The van der Waals surface area contributed by atoms with Gasteiger partial charge in [-0.2, -0.15) is 0 Å². The standard InChI is InChI=1S/C16H23ClN2O3/c1-21-12-2-9-19-15(20)16(7-10-18-11-8-16)22-14-5-3-13(17)4-6-14/h3-6,18H,2,7-12H2,1H3,(H,19,20). The summed E-state index contributed by atoms with van der Waals surface area (Å²) in [6.45, 7) is 2.75. The van der Waals surface area contributed by atoms with Crippen molar-refractivity contribution in [3.8, 4) is 5.75 Å². The van der Waals surface area contributed by atoms with E-state index in [4.69, 9.17) is 21.1 Å². The van der Waals surface area contributed by atoms with Crippen LogP contribution in [0, 0.1) is 0 Å². The molecule has 1 saturated heterocycles. The number of halogens is 1. The molecule has 5 nitrogen and oxygen atoms in total. The summed E-state index contributed by atoms with van der Waals surface area (Å²) in [5, 5.41) is 6.88.